The highest BCUT2D eigenvalue weighted by Crippen LogP contribution is 2.23. The zero-order valence-electron chi connectivity index (χ0n) is 14.9. The number of carbonyl (C=O) groups excluding carboxylic acids is 1. The first-order chi connectivity index (χ1) is 12.6. The van der Waals surface area contributed by atoms with E-state index in [2.05, 4.69) is 4.90 Å². The van der Waals surface area contributed by atoms with E-state index in [9.17, 15) is 14.9 Å². The standard InChI is InChI=1S/C19H25N3O4/c23-19(15-20-11-13-26-14-12-20)21-9-7-16(8-10-21)5-6-17-3-1-2-4-18(17)22(24)25/h1-6,16H,7-15H2/b6-5+. The molecular formula is C19H25N3O4. The predicted octanol–water partition coefficient (Wildman–Crippen LogP) is 2.18. The molecule has 2 aliphatic heterocycles. The van der Waals surface area contributed by atoms with Crippen LogP contribution in [0.2, 0.25) is 0 Å². The fraction of sp³-hybridized carbons (Fsp3) is 0.526. The van der Waals surface area contributed by atoms with Gasteiger partial charge in [-0.1, -0.05) is 24.3 Å². The number of ether oxygens (including phenoxy) is 1. The highest BCUT2D eigenvalue weighted by atomic mass is 16.6. The Hall–Kier alpha value is -2.25. The molecule has 0 spiro atoms. The van der Waals surface area contributed by atoms with Gasteiger partial charge < -0.3 is 9.64 Å². The van der Waals surface area contributed by atoms with E-state index in [1.165, 1.54) is 6.07 Å². The van der Waals surface area contributed by atoms with Crippen LogP contribution in [0.3, 0.4) is 0 Å². The van der Waals surface area contributed by atoms with E-state index in [0.717, 1.165) is 39.0 Å². The van der Waals surface area contributed by atoms with E-state index in [1.807, 2.05) is 17.1 Å². The third-order valence-corrected chi connectivity index (χ3v) is 5.04. The number of hydrogen-bond acceptors (Lipinski definition) is 5. The zero-order valence-corrected chi connectivity index (χ0v) is 14.9. The normalized spacial score (nSPS) is 19.8. The maximum Gasteiger partial charge on any atom is 0.276 e. The number of benzene rings is 1. The van der Waals surface area contributed by atoms with Crippen LogP contribution in [0.1, 0.15) is 18.4 Å². The highest BCUT2D eigenvalue weighted by molar-refractivity contribution is 5.78. The number of morpholine rings is 1. The van der Waals surface area contributed by atoms with Crippen molar-refractivity contribution in [2.75, 3.05) is 45.9 Å². The van der Waals surface area contributed by atoms with E-state index in [4.69, 9.17) is 4.74 Å². The number of rotatable bonds is 5. The van der Waals surface area contributed by atoms with E-state index < -0.39 is 0 Å². The Bertz CT molecular complexity index is 663. The number of nitro benzene ring substituents is 1. The van der Waals surface area contributed by atoms with Gasteiger partial charge in [-0.05, 0) is 24.8 Å². The molecule has 7 nitrogen and oxygen atoms in total. The topological polar surface area (TPSA) is 75.9 Å². The molecule has 3 rings (SSSR count). The summed E-state index contributed by atoms with van der Waals surface area (Å²) >= 11 is 0. The minimum atomic E-state index is -0.355. The van der Waals surface area contributed by atoms with E-state index in [-0.39, 0.29) is 16.5 Å². The second kappa shape index (κ2) is 8.91. The maximum absolute atomic E-state index is 12.4. The number of amides is 1. The minimum Gasteiger partial charge on any atom is -0.379 e. The van der Waals surface area contributed by atoms with Crippen molar-refractivity contribution in [3.8, 4) is 0 Å². The van der Waals surface area contributed by atoms with Crippen LogP contribution in [-0.2, 0) is 9.53 Å². The van der Waals surface area contributed by atoms with E-state index in [1.54, 1.807) is 18.2 Å². The Morgan fingerprint density at radius 1 is 1.19 bits per heavy atom. The van der Waals surface area contributed by atoms with Crippen molar-refractivity contribution in [3.05, 3.63) is 46.0 Å². The van der Waals surface area contributed by atoms with Crippen LogP contribution in [-0.4, -0.2) is 66.6 Å². The number of nitro groups is 1. The first-order valence-corrected chi connectivity index (χ1v) is 9.13. The average molecular weight is 359 g/mol. The zero-order chi connectivity index (χ0) is 18.4. The lowest BCUT2D eigenvalue weighted by molar-refractivity contribution is -0.385. The summed E-state index contributed by atoms with van der Waals surface area (Å²) < 4.78 is 5.31. The van der Waals surface area contributed by atoms with Crippen LogP contribution >= 0.6 is 0 Å². The van der Waals surface area contributed by atoms with Gasteiger partial charge in [0.25, 0.3) is 5.69 Å². The monoisotopic (exact) mass is 359 g/mol. The molecule has 2 fully saturated rings. The van der Waals surface area contributed by atoms with Crippen molar-refractivity contribution in [2.45, 2.75) is 12.8 Å². The fourth-order valence-corrected chi connectivity index (χ4v) is 3.43. The molecule has 0 atom stereocenters. The summed E-state index contributed by atoms with van der Waals surface area (Å²) in [6.07, 6.45) is 5.68. The summed E-state index contributed by atoms with van der Waals surface area (Å²) in [6, 6.07) is 6.76. The Kier molecular flexibility index (Phi) is 6.35. The maximum atomic E-state index is 12.4. The molecule has 7 heteroatoms. The van der Waals surface area contributed by atoms with Crippen LogP contribution in [0.4, 0.5) is 5.69 Å². The van der Waals surface area contributed by atoms with E-state index in [0.29, 0.717) is 31.2 Å². The Morgan fingerprint density at radius 3 is 2.58 bits per heavy atom. The number of nitrogens with zero attached hydrogens (tertiary/aromatic N) is 3. The second-order valence-electron chi connectivity index (χ2n) is 6.78. The van der Waals surface area contributed by atoms with Crippen LogP contribution in [0, 0.1) is 16.0 Å². The van der Waals surface area contributed by atoms with Crippen LogP contribution in [0.15, 0.2) is 30.3 Å². The van der Waals surface area contributed by atoms with Gasteiger partial charge in [-0.15, -0.1) is 0 Å². The highest BCUT2D eigenvalue weighted by Gasteiger charge is 2.23. The summed E-state index contributed by atoms with van der Waals surface area (Å²) in [5.74, 6) is 0.537. The molecule has 1 aromatic carbocycles. The van der Waals surface area contributed by atoms with Gasteiger partial charge in [0.05, 0.1) is 30.2 Å². The van der Waals surface area contributed by atoms with Crippen molar-refractivity contribution in [1.82, 2.24) is 9.80 Å². The predicted molar refractivity (Wildman–Crippen MR) is 98.7 cm³/mol. The van der Waals surface area contributed by atoms with Crippen LogP contribution in [0.5, 0.6) is 0 Å². The molecule has 0 unspecified atom stereocenters. The molecule has 0 aliphatic carbocycles. The third-order valence-electron chi connectivity index (χ3n) is 5.04. The Labute approximate surface area is 153 Å². The quantitative estimate of drug-likeness (QED) is 0.595. The summed E-state index contributed by atoms with van der Waals surface area (Å²) in [7, 11) is 0. The van der Waals surface area contributed by atoms with Crippen molar-refractivity contribution < 1.29 is 14.5 Å². The van der Waals surface area contributed by atoms with Crippen molar-refractivity contribution >= 4 is 17.7 Å². The third kappa shape index (κ3) is 4.89. The molecule has 1 amide bonds. The van der Waals surface area contributed by atoms with Gasteiger partial charge in [-0.2, -0.15) is 0 Å². The van der Waals surface area contributed by atoms with E-state index >= 15 is 0 Å². The van der Waals surface area contributed by atoms with Gasteiger partial charge in [0, 0.05) is 32.2 Å². The molecule has 0 radical (unpaired) electrons. The summed E-state index contributed by atoms with van der Waals surface area (Å²) in [4.78, 5) is 27.2. The minimum absolute atomic E-state index is 0.127. The van der Waals surface area contributed by atoms with Crippen molar-refractivity contribution in [3.63, 3.8) is 0 Å². The molecule has 0 aromatic heterocycles. The number of carbonyl (C=O) groups is 1. The van der Waals surface area contributed by atoms with Crippen LogP contribution in [0.25, 0.3) is 6.08 Å². The summed E-state index contributed by atoms with van der Waals surface area (Å²) in [5, 5.41) is 11.1. The molecule has 2 saturated heterocycles. The van der Waals surface area contributed by atoms with Gasteiger partial charge in [-0.25, -0.2) is 0 Å². The van der Waals surface area contributed by atoms with Gasteiger partial charge in [0.1, 0.15) is 0 Å². The number of piperidine rings is 1. The molecular weight excluding hydrogens is 334 g/mol. The molecule has 26 heavy (non-hydrogen) atoms. The van der Waals surface area contributed by atoms with Crippen LogP contribution < -0.4 is 0 Å². The largest absolute Gasteiger partial charge is 0.379 e. The Morgan fingerprint density at radius 2 is 1.88 bits per heavy atom. The smallest absolute Gasteiger partial charge is 0.276 e. The van der Waals surface area contributed by atoms with Gasteiger partial charge in [-0.3, -0.25) is 19.8 Å². The Balaban J connectivity index is 1.49. The summed E-state index contributed by atoms with van der Waals surface area (Å²) in [5.41, 5.74) is 0.755. The molecule has 2 aliphatic rings. The van der Waals surface area contributed by atoms with Gasteiger partial charge >= 0.3 is 0 Å². The first kappa shape index (κ1) is 18.5. The molecule has 140 valence electrons. The fourth-order valence-electron chi connectivity index (χ4n) is 3.43. The SMILES string of the molecule is O=C(CN1CCOCC1)N1CCC(/C=C/c2ccccc2[N+](=O)[O-])CC1. The molecule has 2 heterocycles. The van der Waals surface area contributed by atoms with Crippen molar-refractivity contribution in [1.29, 1.82) is 0 Å². The number of para-hydroxylation sites is 1. The van der Waals surface area contributed by atoms with Gasteiger partial charge in [0.2, 0.25) is 5.91 Å². The molecule has 0 N–H and O–H groups in total. The molecule has 0 saturated carbocycles. The van der Waals surface area contributed by atoms with Crippen molar-refractivity contribution in [2.24, 2.45) is 5.92 Å². The molecule has 1 aromatic rings. The second-order valence-corrected chi connectivity index (χ2v) is 6.78. The average Bonchev–Trinajstić information content (AvgIpc) is 2.67. The van der Waals surface area contributed by atoms with Gasteiger partial charge in [0.15, 0.2) is 0 Å². The lowest BCUT2D eigenvalue weighted by Gasteiger charge is -2.33. The number of allylic oxidation sites excluding steroid dienone is 1. The number of likely N-dealkylation sites (tertiary alicyclic amines) is 1. The molecule has 0 bridgehead atoms. The number of hydrogen-bond donors (Lipinski definition) is 0. The first-order valence-electron chi connectivity index (χ1n) is 9.13. The lowest BCUT2D eigenvalue weighted by atomic mass is 9.95. The summed E-state index contributed by atoms with van der Waals surface area (Å²) in [6.45, 7) is 5.00. The lowest BCUT2D eigenvalue weighted by Crippen LogP contribution is -2.46.